The van der Waals surface area contributed by atoms with Crippen molar-refractivity contribution >= 4 is 22.8 Å². The van der Waals surface area contributed by atoms with Crippen LogP contribution in [0.5, 0.6) is 0 Å². The summed E-state index contributed by atoms with van der Waals surface area (Å²) in [6, 6.07) is 7.87. The standard InChI is InChI=1S/C18H20N4OS/c1-13(18-20-5-10-24-18)21-6-8-22(9-7-21)17-11-15(14(2)23)3-4-16(17)12-19/h3-5,10-11,13H,6-9H2,1-2H3. The van der Waals surface area contributed by atoms with E-state index in [0.29, 0.717) is 17.2 Å². The van der Waals surface area contributed by atoms with Crippen LogP contribution in [0.3, 0.4) is 0 Å². The summed E-state index contributed by atoms with van der Waals surface area (Å²) in [7, 11) is 0. The summed E-state index contributed by atoms with van der Waals surface area (Å²) in [4.78, 5) is 20.7. The number of hydrogen-bond donors (Lipinski definition) is 0. The minimum Gasteiger partial charge on any atom is -0.368 e. The van der Waals surface area contributed by atoms with Crippen LogP contribution in [0.4, 0.5) is 5.69 Å². The second-order valence-electron chi connectivity index (χ2n) is 5.97. The number of ketones is 1. The van der Waals surface area contributed by atoms with Gasteiger partial charge in [-0.15, -0.1) is 11.3 Å². The van der Waals surface area contributed by atoms with Crippen molar-refractivity contribution in [3.8, 4) is 6.07 Å². The lowest BCUT2D eigenvalue weighted by molar-refractivity contribution is 0.101. The minimum absolute atomic E-state index is 0.0248. The number of nitrogens with zero attached hydrogens (tertiary/aromatic N) is 4. The summed E-state index contributed by atoms with van der Waals surface area (Å²) < 4.78 is 0. The lowest BCUT2D eigenvalue weighted by Gasteiger charge is -2.38. The Hall–Kier alpha value is -2.23. The van der Waals surface area contributed by atoms with Crippen molar-refractivity contribution in [2.24, 2.45) is 0 Å². The molecule has 1 aromatic heterocycles. The number of rotatable bonds is 4. The van der Waals surface area contributed by atoms with Crippen LogP contribution in [0.15, 0.2) is 29.8 Å². The topological polar surface area (TPSA) is 60.2 Å². The Bertz CT molecular complexity index is 758. The van der Waals surface area contributed by atoms with E-state index in [1.54, 1.807) is 30.4 Å². The minimum atomic E-state index is 0.0248. The molecule has 0 spiro atoms. The van der Waals surface area contributed by atoms with Gasteiger partial charge in [-0.2, -0.15) is 5.26 Å². The molecule has 2 aromatic rings. The van der Waals surface area contributed by atoms with E-state index < -0.39 is 0 Å². The summed E-state index contributed by atoms with van der Waals surface area (Å²) in [6.07, 6.45) is 1.85. The molecule has 5 nitrogen and oxygen atoms in total. The Labute approximate surface area is 146 Å². The third-order valence-electron chi connectivity index (χ3n) is 4.54. The molecule has 1 aliphatic heterocycles. The van der Waals surface area contributed by atoms with Crippen LogP contribution >= 0.6 is 11.3 Å². The molecular formula is C18H20N4OS. The van der Waals surface area contributed by atoms with Crippen LogP contribution in [-0.2, 0) is 0 Å². The first-order chi connectivity index (χ1) is 11.6. The van der Waals surface area contributed by atoms with E-state index in [1.165, 1.54) is 0 Å². The van der Waals surface area contributed by atoms with Crippen LogP contribution in [0.2, 0.25) is 0 Å². The van der Waals surface area contributed by atoms with Gasteiger partial charge in [0.15, 0.2) is 5.78 Å². The van der Waals surface area contributed by atoms with Crippen molar-refractivity contribution in [3.63, 3.8) is 0 Å². The van der Waals surface area contributed by atoms with Gasteiger partial charge in [-0.25, -0.2) is 4.98 Å². The maximum atomic E-state index is 11.6. The zero-order valence-corrected chi connectivity index (χ0v) is 14.7. The zero-order chi connectivity index (χ0) is 17.1. The van der Waals surface area contributed by atoms with Crippen molar-refractivity contribution in [3.05, 3.63) is 45.9 Å². The van der Waals surface area contributed by atoms with Crippen LogP contribution in [0, 0.1) is 11.3 Å². The molecular weight excluding hydrogens is 320 g/mol. The second-order valence-corrected chi connectivity index (χ2v) is 6.90. The van der Waals surface area contributed by atoms with Crippen molar-refractivity contribution in [1.29, 1.82) is 5.26 Å². The molecule has 2 heterocycles. The number of piperazine rings is 1. The van der Waals surface area contributed by atoms with Gasteiger partial charge >= 0.3 is 0 Å². The average molecular weight is 340 g/mol. The fourth-order valence-corrected chi connectivity index (χ4v) is 3.78. The average Bonchev–Trinajstić information content (AvgIpc) is 3.15. The molecule has 6 heteroatoms. The highest BCUT2D eigenvalue weighted by Crippen LogP contribution is 2.27. The van der Waals surface area contributed by atoms with E-state index in [0.717, 1.165) is 36.9 Å². The van der Waals surface area contributed by atoms with E-state index in [4.69, 9.17) is 0 Å². The Morgan fingerprint density at radius 2 is 2.08 bits per heavy atom. The number of nitriles is 1. The number of carbonyl (C=O) groups excluding carboxylic acids is 1. The Kier molecular flexibility index (Phi) is 4.93. The molecule has 1 aromatic carbocycles. The van der Waals surface area contributed by atoms with Gasteiger partial charge in [0.2, 0.25) is 0 Å². The van der Waals surface area contributed by atoms with Crippen LogP contribution in [-0.4, -0.2) is 41.8 Å². The fraction of sp³-hybridized carbons (Fsp3) is 0.389. The van der Waals surface area contributed by atoms with Crippen LogP contribution < -0.4 is 4.90 Å². The monoisotopic (exact) mass is 340 g/mol. The first kappa shape index (κ1) is 16.6. The summed E-state index contributed by atoms with van der Waals surface area (Å²) in [5, 5.41) is 12.5. The van der Waals surface area contributed by atoms with Crippen LogP contribution in [0.25, 0.3) is 0 Å². The summed E-state index contributed by atoms with van der Waals surface area (Å²) in [5.74, 6) is 0.0248. The number of hydrogen-bond acceptors (Lipinski definition) is 6. The molecule has 0 radical (unpaired) electrons. The number of thiazole rings is 1. The van der Waals surface area contributed by atoms with Crippen molar-refractivity contribution in [2.45, 2.75) is 19.9 Å². The van der Waals surface area contributed by atoms with Gasteiger partial charge in [-0.1, -0.05) is 0 Å². The van der Waals surface area contributed by atoms with Crippen LogP contribution in [0.1, 0.15) is 40.8 Å². The number of aromatic nitrogens is 1. The predicted octanol–water partition coefficient (Wildman–Crippen LogP) is 3.10. The predicted molar refractivity (Wildman–Crippen MR) is 95.5 cm³/mol. The Morgan fingerprint density at radius 3 is 2.67 bits per heavy atom. The quantitative estimate of drug-likeness (QED) is 0.801. The number of anilines is 1. The molecule has 0 saturated carbocycles. The molecule has 0 bridgehead atoms. The summed E-state index contributed by atoms with van der Waals surface area (Å²) in [5.41, 5.74) is 2.15. The van der Waals surface area contributed by atoms with E-state index in [2.05, 4.69) is 27.8 Å². The van der Waals surface area contributed by atoms with E-state index in [-0.39, 0.29) is 5.78 Å². The van der Waals surface area contributed by atoms with Crippen molar-refractivity contribution < 1.29 is 4.79 Å². The van der Waals surface area contributed by atoms with Gasteiger partial charge in [0.1, 0.15) is 11.1 Å². The third kappa shape index (κ3) is 3.32. The fourth-order valence-electron chi connectivity index (χ4n) is 3.05. The largest absolute Gasteiger partial charge is 0.368 e. The molecule has 1 atom stereocenters. The highest BCUT2D eigenvalue weighted by atomic mass is 32.1. The molecule has 1 unspecified atom stereocenters. The van der Waals surface area contributed by atoms with Gasteiger partial charge in [0, 0.05) is 43.3 Å². The molecule has 3 rings (SSSR count). The molecule has 24 heavy (non-hydrogen) atoms. The summed E-state index contributed by atoms with van der Waals surface area (Å²) in [6.45, 7) is 7.24. The lowest BCUT2D eigenvalue weighted by atomic mass is 10.1. The highest BCUT2D eigenvalue weighted by molar-refractivity contribution is 7.09. The SMILES string of the molecule is CC(=O)c1ccc(C#N)c(N2CCN(C(C)c3nccs3)CC2)c1. The molecule has 0 N–H and O–H groups in total. The van der Waals surface area contributed by atoms with Gasteiger partial charge in [0.25, 0.3) is 0 Å². The maximum Gasteiger partial charge on any atom is 0.159 e. The number of benzene rings is 1. The van der Waals surface area contributed by atoms with Gasteiger partial charge in [-0.05, 0) is 32.0 Å². The van der Waals surface area contributed by atoms with Gasteiger partial charge < -0.3 is 4.90 Å². The van der Waals surface area contributed by atoms with Crippen molar-refractivity contribution in [2.75, 3.05) is 31.1 Å². The first-order valence-corrected chi connectivity index (χ1v) is 8.91. The maximum absolute atomic E-state index is 11.6. The zero-order valence-electron chi connectivity index (χ0n) is 13.9. The van der Waals surface area contributed by atoms with E-state index >= 15 is 0 Å². The molecule has 0 amide bonds. The third-order valence-corrected chi connectivity index (χ3v) is 5.48. The van der Waals surface area contributed by atoms with Crippen molar-refractivity contribution in [1.82, 2.24) is 9.88 Å². The molecule has 1 aliphatic rings. The Morgan fingerprint density at radius 1 is 1.33 bits per heavy atom. The lowest BCUT2D eigenvalue weighted by Crippen LogP contribution is -2.47. The molecule has 1 fully saturated rings. The molecule has 1 saturated heterocycles. The van der Waals surface area contributed by atoms with Gasteiger partial charge in [-0.3, -0.25) is 9.69 Å². The van der Waals surface area contributed by atoms with E-state index in [9.17, 15) is 10.1 Å². The normalized spacial score (nSPS) is 16.6. The first-order valence-electron chi connectivity index (χ1n) is 8.03. The Balaban J connectivity index is 1.74. The summed E-state index contributed by atoms with van der Waals surface area (Å²) >= 11 is 1.69. The number of carbonyl (C=O) groups is 1. The highest BCUT2D eigenvalue weighted by Gasteiger charge is 2.24. The molecule has 0 aliphatic carbocycles. The molecule has 124 valence electrons. The van der Waals surface area contributed by atoms with Gasteiger partial charge in [0.05, 0.1) is 17.3 Å². The second kappa shape index (κ2) is 7.12. The van der Waals surface area contributed by atoms with E-state index in [1.807, 2.05) is 17.6 Å². The number of Topliss-reactive ketones (excluding diaryl/α,β-unsaturated/α-hetero) is 1. The smallest absolute Gasteiger partial charge is 0.159 e.